The Morgan fingerprint density at radius 3 is 2.14 bits per heavy atom. The van der Waals surface area contributed by atoms with Crippen molar-refractivity contribution in [1.29, 1.82) is 0 Å². The molecular weight excluding hydrogens is 192 g/mol. The zero-order chi connectivity index (χ0) is 11.0. The van der Waals surface area contributed by atoms with Crippen LogP contribution in [-0.4, -0.2) is 25.3 Å². The smallest absolute Gasteiger partial charge is 0.346 e. The van der Waals surface area contributed by atoms with E-state index in [1.165, 1.54) is 7.05 Å². The number of aromatic hydroxyl groups is 1. The van der Waals surface area contributed by atoms with Crippen LogP contribution in [0.15, 0.2) is 9.59 Å². The van der Waals surface area contributed by atoms with Gasteiger partial charge in [0.25, 0.3) is 5.56 Å². The Morgan fingerprint density at radius 1 is 1.21 bits per heavy atom. The number of nitrogens with zero attached hydrogens (tertiary/aromatic N) is 2. The average molecular weight is 200 g/mol. The van der Waals surface area contributed by atoms with Crippen LogP contribution in [0.25, 0.3) is 0 Å². The van der Waals surface area contributed by atoms with Crippen molar-refractivity contribution in [2.75, 3.05) is 0 Å². The number of aromatic nitrogens is 2. The first-order valence-corrected chi connectivity index (χ1v) is 3.60. The van der Waals surface area contributed by atoms with Gasteiger partial charge in [0, 0.05) is 14.1 Å². The monoisotopic (exact) mass is 200 g/mol. The minimum atomic E-state index is -1.57. The highest BCUT2D eigenvalue weighted by molar-refractivity contribution is 5.89. The summed E-state index contributed by atoms with van der Waals surface area (Å²) >= 11 is 0. The molecule has 1 rings (SSSR count). The number of aromatic carboxylic acids is 1. The summed E-state index contributed by atoms with van der Waals surface area (Å²) in [6.07, 6.45) is 0. The summed E-state index contributed by atoms with van der Waals surface area (Å²) in [4.78, 5) is 32.9. The predicted octanol–water partition coefficient (Wildman–Crippen LogP) is -1.51. The van der Waals surface area contributed by atoms with Crippen LogP contribution in [0.1, 0.15) is 10.4 Å². The lowest BCUT2D eigenvalue weighted by molar-refractivity contribution is 0.0688. The molecule has 0 aliphatic heterocycles. The van der Waals surface area contributed by atoms with E-state index in [2.05, 4.69) is 0 Å². The molecule has 0 aromatic carbocycles. The first-order chi connectivity index (χ1) is 6.37. The molecule has 0 atom stereocenters. The molecule has 14 heavy (non-hydrogen) atoms. The normalized spacial score (nSPS) is 10.1. The van der Waals surface area contributed by atoms with Crippen molar-refractivity contribution in [2.45, 2.75) is 0 Å². The maximum Gasteiger partial charge on any atom is 0.346 e. The molecule has 0 unspecified atom stereocenters. The number of rotatable bonds is 1. The molecule has 0 saturated carbocycles. The minimum absolute atomic E-state index is 0.614. The topological polar surface area (TPSA) is 102 Å². The number of carboxylic acid groups (broad SMARTS) is 1. The van der Waals surface area contributed by atoms with Crippen LogP contribution < -0.4 is 11.2 Å². The Kier molecular flexibility index (Phi) is 2.16. The van der Waals surface area contributed by atoms with E-state index in [9.17, 15) is 19.5 Å². The van der Waals surface area contributed by atoms with Crippen molar-refractivity contribution in [3.63, 3.8) is 0 Å². The number of carbonyl (C=O) groups is 1. The standard InChI is InChI=1S/C7H8N2O5/c1-8-4(10)3(6(12)13)5(11)9(2)7(8)14/h10H,1-2H3,(H,12,13). The summed E-state index contributed by atoms with van der Waals surface area (Å²) in [6, 6.07) is 0. The quantitative estimate of drug-likeness (QED) is 0.573. The van der Waals surface area contributed by atoms with E-state index >= 15 is 0 Å². The van der Waals surface area contributed by atoms with Crippen LogP contribution in [-0.2, 0) is 14.1 Å². The number of hydrogen-bond acceptors (Lipinski definition) is 4. The molecule has 0 saturated heterocycles. The lowest BCUT2D eigenvalue weighted by Gasteiger charge is -2.06. The molecule has 7 nitrogen and oxygen atoms in total. The van der Waals surface area contributed by atoms with Gasteiger partial charge in [0.15, 0.2) is 5.56 Å². The van der Waals surface area contributed by atoms with E-state index in [-0.39, 0.29) is 0 Å². The lowest BCUT2D eigenvalue weighted by atomic mass is 10.3. The van der Waals surface area contributed by atoms with Gasteiger partial charge in [0.1, 0.15) is 0 Å². The van der Waals surface area contributed by atoms with Crippen LogP contribution in [0.2, 0.25) is 0 Å². The summed E-state index contributed by atoms with van der Waals surface area (Å²) in [5, 5.41) is 17.8. The van der Waals surface area contributed by atoms with Crippen LogP contribution >= 0.6 is 0 Å². The van der Waals surface area contributed by atoms with Gasteiger partial charge in [-0.25, -0.2) is 9.59 Å². The van der Waals surface area contributed by atoms with Gasteiger partial charge in [-0.15, -0.1) is 0 Å². The maximum atomic E-state index is 11.2. The Labute approximate surface area is 77.5 Å². The van der Waals surface area contributed by atoms with E-state index in [0.29, 0.717) is 9.13 Å². The SMILES string of the molecule is Cn1c(O)c(C(=O)O)c(=O)n(C)c1=O. The van der Waals surface area contributed by atoms with E-state index in [1.807, 2.05) is 0 Å². The largest absolute Gasteiger partial charge is 0.494 e. The predicted molar refractivity (Wildman–Crippen MR) is 45.5 cm³/mol. The van der Waals surface area contributed by atoms with Crippen molar-refractivity contribution in [3.05, 3.63) is 26.4 Å². The summed E-state index contributed by atoms with van der Waals surface area (Å²) < 4.78 is 1.30. The molecule has 0 spiro atoms. The highest BCUT2D eigenvalue weighted by Crippen LogP contribution is 2.07. The molecule has 2 N–H and O–H groups in total. The van der Waals surface area contributed by atoms with Crippen molar-refractivity contribution in [1.82, 2.24) is 9.13 Å². The lowest BCUT2D eigenvalue weighted by Crippen LogP contribution is -2.39. The van der Waals surface area contributed by atoms with Gasteiger partial charge in [0.2, 0.25) is 5.88 Å². The molecule has 0 fully saturated rings. The van der Waals surface area contributed by atoms with Gasteiger partial charge in [-0.2, -0.15) is 0 Å². The van der Waals surface area contributed by atoms with E-state index in [4.69, 9.17) is 5.11 Å². The molecule has 1 aromatic heterocycles. The second-order valence-electron chi connectivity index (χ2n) is 2.71. The zero-order valence-electron chi connectivity index (χ0n) is 7.51. The van der Waals surface area contributed by atoms with Gasteiger partial charge in [0.05, 0.1) is 0 Å². The molecule has 1 heterocycles. The van der Waals surface area contributed by atoms with E-state index in [0.717, 1.165) is 7.05 Å². The van der Waals surface area contributed by atoms with Gasteiger partial charge in [-0.05, 0) is 0 Å². The first kappa shape index (κ1) is 10.0. The van der Waals surface area contributed by atoms with Crippen LogP contribution in [0.3, 0.4) is 0 Å². The summed E-state index contributed by atoms with van der Waals surface area (Å²) in [5.41, 5.74) is -2.62. The maximum absolute atomic E-state index is 11.2. The third kappa shape index (κ3) is 1.18. The zero-order valence-corrected chi connectivity index (χ0v) is 7.51. The molecule has 76 valence electrons. The van der Waals surface area contributed by atoms with Crippen LogP contribution in [0.4, 0.5) is 0 Å². The van der Waals surface area contributed by atoms with Gasteiger partial charge < -0.3 is 10.2 Å². The fourth-order valence-corrected chi connectivity index (χ4v) is 1.02. The van der Waals surface area contributed by atoms with E-state index in [1.54, 1.807) is 0 Å². The Bertz CT molecular complexity index is 510. The Morgan fingerprint density at radius 2 is 1.71 bits per heavy atom. The third-order valence-electron chi connectivity index (χ3n) is 1.85. The first-order valence-electron chi connectivity index (χ1n) is 3.60. The van der Waals surface area contributed by atoms with Crippen molar-refractivity contribution in [3.8, 4) is 5.88 Å². The Balaban J connectivity index is 3.88. The summed E-state index contributed by atoms with van der Waals surface area (Å²) in [6.45, 7) is 0. The highest BCUT2D eigenvalue weighted by Gasteiger charge is 2.20. The molecule has 0 aliphatic carbocycles. The molecule has 7 heteroatoms. The molecular formula is C7H8N2O5. The van der Waals surface area contributed by atoms with Crippen LogP contribution in [0.5, 0.6) is 5.88 Å². The fourth-order valence-electron chi connectivity index (χ4n) is 1.02. The molecule has 0 amide bonds. The molecule has 0 aliphatic rings. The minimum Gasteiger partial charge on any atom is -0.494 e. The van der Waals surface area contributed by atoms with E-state index < -0.39 is 28.7 Å². The van der Waals surface area contributed by atoms with Gasteiger partial charge in [-0.3, -0.25) is 13.9 Å². The van der Waals surface area contributed by atoms with Crippen molar-refractivity contribution in [2.24, 2.45) is 14.1 Å². The van der Waals surface area contributed by atoms with Crippen molar-refractivity contribution >= 4 is 5.97 Å². The second kappa shape index (κ2) is 3.02. The fraction of sp³-hybridized carbons (Fsp3) is 0.286. The van der Waals surface area contributed by atoms with Crippen molar-refractivity contribution < 1.29 is 15.0 Å². The summed E-state index contributed by atoms with van der Waals surface area (Å²) in [7, 11) is 2.31. The number of carboxylic acids is 1. The summed E-state index contributed by atoms with van der Waals surface area (Å²) in [5.74, 6) is -2.41. The van der Waals surface area contributed by atoms with Gasteiger partial charge in [-0.1, -0.05) is 0 Å². The molecule has 0 radical (unpaired) electrons. The molecule has 0 bridgehead atoms. The van der Waals surface area contributed by atoms with Crippen LogP contribution in [0, 0.1) is 0 Å². The Hall–Kier alpha value is -2.05. The number of hydrogen-bond donors (Lipinski definition) is 2. The van der Waals surface area contributed by atoms with Gasteiger partial charge >= 0.3 is 11.7 Å². The highest BCUT2D eigenvalue weighted by atomic mass is 16.4. The third-order valence-corrected chi connectivity index (χ3v) is 1.85. The molecule has 1 aromatic rings. The second-order valence-corrected chi connectivity index (χ2v) is 2.71. The average Bonchev–Trinajstić information content (AvgIpc) is 2.11.